The van der Waals surface area contributed by atoms with Crippen molar-refractivity contribution in [2.24, 2.45) is 0 Å². The minimum absolute atomic E-state index is 0.0564. The summed E-state index contributed by atoms with van der Waals surface area (Å²) in [6.45, 7) is 4.76. The number of alkyl halides is 3. The Labute approximate surface area is 196 Å². The Balaban J connectivity index is 1.65. The highest BCUT2D eigenvalue weighted by atomic mass is 19.3. The number of ether oxygens (including phenoxy) is 2. The SMILES string of the molecule is CCCCCCOc1ccc2c(c1)CC(F)(F)c1cc(OC[C@H](F)CCCCCC)ccc1-2. The maximum Gasteiger partial charge on any atom is 0.277 e. The summed E-state index contributed by atoms with van der Waals surface area (Å²) in [5.74, 6) is -2.09. The zero-order chi connectivity index (χ0) is 23.7. The minimum atomic E-state index is -3.02. The minimum Gasteiger partial charge on any atom is -0.494 e. The van der Waals surface area contributed by atoms with Gasteiger partial charge in [0.2, 0.25) is 0 Å². The molecule has 2 nitrogen and oxygen atoms in total. The lowest BCUT2D eigenvalue weighted by Gasteiger charge is -2.28. The van der Waals surface area contributed by atoms with Gasteiger partial charge in [-0.15, -0.1) is 0 Å². The molecule has 0 radical (unpaired) electrons. The smallest absolute Gasteiger partial charge is 0.277 e. The first-order valence-corrected chi connectivity index (χ1v) is 12.5. The molecule has 0 aliphatic heterocycles. The quantitative estimate of drug-likeness (QED) is 0.262. The molecule has 1 atom stereocenters. The van der Waals surface area contributed by atoms with Crippen LogP contribution in [0, 0.1) is 0 Å². The molecule has 182 valence electrons. The van der Waals surface area contributed by atoms with Crippen molar-refractivity contribution in [1.82, 2.24) is 0 Å². The van der Waals surface area contributed by atoms with Crippen LogP contribution in [0.25, 0.3) is 11.1 Å². The molecule has 0 aromatic heterocycles. The van der Waals surface area contributed by atoms with Crippen LogP contribution in [-0.4, -0.2) is 19.4 Å². The first kappa shape index (κ1) is 25.5. The molecule has 0 bridgehead atoms. The standard InChI is InChI=1S/C28H37F3O2/c1-3-5-7-9-11-22(29)20-33-24-13-15-26-25-14-12-23(32-16-10-8-6-4-2)17-21(25)19-28(30,31)27(26)18-24/h12-15,17-18,22H,3-11,16,19-20H2,1-2H3/t22-/m1/s1. The van der Waals surface area contributed by atoms with Crippen LogP contribution in [0.5, 0.6) is 11.5 Å². The van der Waals surface area contributed by atoms with Crippen molar-refractivity contribution in [2.75, 3.05) is 13.2 Å². The molecule has 2 aromatic rings. The molecule has 1 aliphatic rings. The van der Waals surface area contributed by atoms with Gasteiger partial charge >= 0.3 is 0 Å². The van der Waals surface area contributed by atoms with E-state index in [-0.39, 0.29) is 18.6 Å². The zero-order valence-corrected chi connectivity index (χ0v) is 20.0. The van der Waals surface area contributed by atoms with Crippen molar-refractivity contribution in [3.63, 3.8) is 0 Å². The van der Waals surface area contributed by atoms with E-state index in [0.717, 1.165) is 50.5 Å². The van der Waals surface area contributed by atoms with Gasteiger partial charge in [0.05, 0.1) is 6.61 Å². The van der Waals surface area contributed by atoms with E-state index in [9.17, 15) is 4.39 Å². The molecule has 0 unspecified atom stereocenters. The number of fused-ring (bicyclic) bond motifs is 3. The number of hydrogen-bond donors (Lipinski definition) is 0. The second kappa shape index (κ2) is 12.3. The van der Waals surface area contributed by atoms with E-state index in [1.165, 1.54) is 12.5 Å². The van der Waals surface area contributed by atoms with Crippen LogP contribution in [0.3, 0.4) is 0 Å². The fraction of sp³-hybridized carbons (Fsp3) is 0.571. The Hall–Kier alpha value is -2.17. The van der Waals surface area contributed by atoms with Gasteiger partial charge in [-0.05, 0) is 53.8 Å². The second-order valence-corrected chi connectivity index (χ2v) is 9.07. The third-order valence-corrected chi connectivity index (χ3v) is 6.23. The van der Waals surface area contributed by atoms with Gasteiger partial charge in [0, 0.05) is 12.0 Å². The van der Waals surface area contributed by atoms with Gasteiger partial charge in [-0.25, -0.2) is 13.2 Å². The van der Waals surface area contributed by atoms with Gasteiger partial charge in [-0.3, -0.25) is 0 Å². The molecule has 0 heterocycles. The van der Waals surface area contributed by atoms with Crippen LogP contribution >= 0.6 is 0 Å². The van der Waals surface area contributed by atoms with E-state index in [1.54, 1.807) is 18.2 Å². The molecular formula is C28H37F3O2. The molecule has 0 N–H and O–H groups in total. The molecule has 33 heavy (non-hydrogen) atoms. The second-order valence-electron chi connectivity index (χ2n) is 9.07. The maximum absolute atomic E-state index is 15.0. The van der Waals surface area contributed by atoms with Crippen LogP contribution in [0.4, 0.5) is 13.2 Å². The maximum atomic E-state index is 15.0. The fourth-order valence-electron chi connectivity index (χ4n) is 4.34. The van der Waals surface area contributed by atoms with Crippen molar-refractivity contribution < 1.29 is 22.6 Å². The first-order valence-electron chi connectivity index (χ1n) is 12.5. The van der Waals surface area contributed by atoms with Crippen molar-refractivity contribution in [3.05, 3.63) is 47.5 Å². The average Bonchev–Trinajstić information content (AvgIpc) is 2.80. The van der Waals surface area contributed by atoms with Crippen LogP contribution in [0.1, 0.15) is 82.8 Å². The Kier molecular flexibility index (Phi) is 9.52. The predicted octanol–water partition coefficient (Wildman–Crippen LogP) is 8.65. The normalized spacial score (nSPS) is 14.9. The molecule has 0 fully saturated rings. The number of benzene rings is 2. The summed E-state index contributed by atoms with van der Waals surface area (Å²) in [7, 11) is 0. The zero-order valence-electron chi connectivity index (χ0n) is 20.0. The van der Waals surface area contributed by atoms with Crippen LogP contribution in [0.15, 0.2) is 36.4 Å². The number of rotatable bonds is 14. The van der Waals surface area contributed by atoms with Gasteiger partial charge in [-0.1, -0.05) is 70.9 Å². The summed E-state index contributed by atoms with van der Waals surface area (Å²) in [6.07, 6.45) is 7.42. The van der Waals surface area contributed by atoms with Crippen LogP contribution in [0.2, 0.25) is 0 Å². The summed E-state index contributed by atoms with van der Waals surface area (Å²) in [5.41, 5.74) is 1.82. The lowest BCUT2D eigenvalue weighted by Crippen LogP contribution is -2.23. The van der Waals surface area contributed by atoms with Gasteiger partial charge < -0.3 is 9.47 Å². The number of hydrogen-bond acceptors (Lipinski definition) is 2. The highest BCUT2D eigenvalue weighted by molar-refractivity contribution is 5.75. The Morgan fingerprint density at radius 2 is 1.48 bits per heavy atom. The molecule has 0 amide bonds. The molecule has 2 aromatic carbocycles. The predicted molar refractivity (Wildman–Crippen MR) is 128 cm³/mol. The van der Waals surface area contributed by atoms with E-state index < -0.39 is 12.1 Å². The fourth-order valence-corrected chi connectivity index (χ4v) is 4.34. The van der Waals surface area contributed by atoms with E-state index >= 15 is 8.78 Å². The van der Waals surface area contributed by atoms with E-state index in [2.05, 4.69) is 13.8 Å². The highest BCUT2D eigenvalue weighted by Crippen LogP contribution is 2.47. The largest absolute Gasteiger partial charge is 0.494 e. The molecule has 0 saturated carbocycles. The van der Waals surface area contributed by atoms with E-state index in [0.29, 0.717) is 35.7 Å². The van der Waals surface area contributed by atoms with Gasteiger partial charge in [0.15, 0.2) is 0 Å². The van der Waals surface area contributed by atoms with E-state index in [4.69, 9.17) is 9.47 Å². The highest BCUT2D eigenvalue weighted by Gasteiger charge is 2.39. The monoisotopic (exact) mass is 462 g/mol. The third-order valence-electron chi connectivity index (χ3n) is 6.23. The lowest BCUT2D eigenvalue weighted by atomic mass is 9.83. The van der Waals surface area contributed by atoms with Crippen molar-refractivity contribution in [1.29, 1.82) is 0 Å². The molecule has 5 heteroatoms. The summed E-state index contributed by atoms with van der Waals surface area (Å²) < 4.78 is 55.5. The number of halogens is 3. The molecule has 0 spiro atoms. The third kappa shape index (κ3) is 7.15. The molecule has 0 saturated heterocycles. The summed E-state index contributed by atoms with van der Waals surface area (Å²) >= 11 is 0. The van der Waals surface area contributed by atoms with Crippen LogP contribution in [-0.2, 0) is 12.3 Å². The summed E-state index contributed by atoms with van der Waals surface area (Å²) in [5, 5.41) is 0. The summed E-state index contributed by atoms with van der Waals surface area (Å²) in [4.78, 5) is 0. The lowest BCUT2D eigenvalue weighted by molar-refractivity contribution is -0.00510. The van der Waals surface area contributed by atoms with E-state index in [1.807, 2.05) is 12.1 Å². The van der Waals surface area contributed by atoms with Gasteiger partial charge in [0.25, 0.3) is 5.92 Å². The Morgan fingerprint density at radius 1 is 0.818 bits per heavy atom. The van der Waals surface area contributed by atoms with Gasteiger partial charge in [0.1, 0.15) is 24.3 Å². The Morgan fingerprint density at radius 3 is 2.21 bits per heavy atom. The van der Waals surface area contributed by atoms with Crippen molar-refractivity contribution >= 4 is 0 Å². The Bertz CT molecular complexity index is 881. The topological polar surface area (TPSA) is 18.5 Å². The molecule has 1 aliphatic carbocycles. The molecule has 3 rings (SSSR count). The van der Waals surface area contributed by atoms with Gasteiger partial charge in [-0.2, -0.15) is 0 Å². The van der Waals surface area contributed by atoms with Crippen LogP contribution < -0.4 is 9.47 Å². The average molecular weight is 463 g/mol. The number of unbranched alkanes of at least 4 members (excludes halogenated alkanes) is 6. The van der Waals surface area contributed by atoms with Crippen molar-refractivity contribution in [3.8, 4) is 22.6 Å². The summed E-state index contributed by atoms with van der Waals surface area (Å²) in [6, 6.07) is 10.1. The first-order chi connectivity index (χ1) is 15.9. The molecular weight excluding hydrogens is 425 g/mol. The van der Waals surface area contributed by atoms with Crippen molar-refractivity contribution in [2.45, 2.75) is 90.1 Å².